The molecule has 4 heteroatoms. The SMILES string of the molecule is C[C@@H]1C[C@H](c2ccncc2N)CC[C@@H]1n1ccccc1=O. The van der Waals surface area contributed by atoms with Crippen molar-refractivity contribution in [3.05, 3.63) is 58.8 Å². The molecule has 21 heavy (non-hydrogen) atoms. The summed E-state index contributed by atoms with van der Waals surface area (Å²) >= 11 is 0. The Morgan fingerprint density at radius 3 is 2.86 bits per heavy atom. The summed E-state index contributed by atoms with van der Waals surface area (Å²) in [5.74, 6) is 0.926. The van der Waals surface area contributed by atoms with Crippen molar-refractivity contribution >= 4 is 5.69 Å². The number of hydrogen-bond donors (Lipinski definition) is 1. The van der Waals surface area contributed by atoms with Crippen LogP contribution in [-0.4, -0.2) is 9.55 Å². The van der Waals surface area contributed by atoms with Gasteiger partial charge in [-0.3, -0.25) is 9.78 Å². The zero-order valence-corrected chi connectivity index (χ0v) is 12.3. The fourth-order valence-electron chi connectivity index (χ4n) is 3.58. The third-order valence-electron chi connectivity index (χ3n) is 4.66. The van der Waals surface area contributed by atoms with E-state index in [1.165, 1.54) is 5.56 Å². The van der Waals surface area contributed by atoms with Gasteiger partial charge in [0.05, 0.1) is 11.9 Å². The number of nitrogens with zero attached hydrogens (tertiary/aromatic N) is 2. The van der Waals surface area contributed by atoms with Gasteiger partial charge in [0.15, 0.2) is 0 Å². The molecule has 0 unspecified atom stereocenters. The summed E-state index contributed by atoms with van der Waals surface area (Å²) in [5, 5.41) is 0. The van der Waals surface area contributed by atoms with E-state index >= 15 is 0 Å². The molecule has 1 aliphatic rings. The van der Waals surface area contributed by atoms with Crippen LogP contribution in [0.1, 0.15) is 43.7 Å². The Labute approximate surface area is 124 Å². The quantitative estimate of drug-likeness (QED) is 0.921. The second-order valence-corrected chi connectivity index (χ2v) is 6.01. The minimum atomic E-state index is 0.0937. The summed E-state index contributed by atoms with van der Waals surface area (Å²) in [4.78, 5) is 16.1. The Balaban J connectivity index is 1.81. The highest BCUT2D eigenvalue weighted by molar-refractivity contribution is 5.46. The zero-order valence-electron chi connectivity index (χ0n) is 12.3. The fraction of sp³-hybridized carbons (Fsp3) is 0.412. The van der Waals surface area contributed by atoms with Crippen LogP contribution in [0, 0.1) is 5.92 Å². The number of hydrogen-bond acceptors (Lipinski definition) is 3. The molecule has 1 fully saturated rings. The molecule has 0 spiro atoms. The first-order valence-electron chi connectivity index (χ1n) is 7.53. The van der Waals surface area contributed by atoms with Gasteiger partial charge < -0.3 is 10.3 Å². The predicted octanol–water partition coefficient (Wildman–Crippen LogP) is 2.97. The molecule has 0 bridgehead atoms. The third kappa shape index (κ3) is 2.71. The van der Waals surface area contributed by atoms with Gasteiger partial charge in [0.25, 0.3) is 5.56 Å². The van der Waals surface area contributed by atoms with Crippen LogP contribution < -0.4 is 11.3 Å². The third-order valence-corrected chi connectivity index (χ3v) is 4.66. The highest BCUT2D eigenvalue weighted by Crippen LogP contribution is 2.42. The van der Waals surface area contributed by atoms with E-state index in [0.29, 0.717) is 11.8 Å². The van der Waals surface area contributed by atoms with E-state index in [0.717, 1.165) is 24.9 Å². The lowest BCUT2D eigenvalue weighted by Gasteiger charge is -2.35. The van der Waals surface area contributed by atoms with E-state index in [1.807, 2.05) is 29.1 Å². The lowest BCUT2D eigenvalue weighted by Crippen LogP contribution is -2.31. The van der Waals surface area contributed by atoms with Gasteiger partial charge in [0.2, 0.25) is 0 Å². The summed E-state index contributed by atoms with van der Waals surface area (Å²) in [6.07, 6.45) is 8.57. The number of pyridine rings is 2. The van der Waals surface area contributed by atoms with Crippen molar-refractivity contribution in [2.75, 3.05) is 5.73 Å². The number of anilines is 1. The van der Waals surface area contributed by atoms with Crippen LogP contribution in [0.2, 0.25) is 0 Å². The van der Waals surface area contributed by atoms with Gasteiger partial charge in [-0.15, -0.1) is 0 Å². The maximum atomic E-state index is 12.0. The average Bonchev–Trinajstić information content (AvgIpc) is 2.49. The van der Waals surface area contributed by atoms with Crippen molar-refractivity contribution < 1.29 is 0 Å². The molecule has 0 radical (unpaired) electrons. The van der Waals surface area contributed by atoms with E-state index in [9.17, 15) is 4.79 Å². The van der Waals surface area contributed by atoms with E-state index in [-0.39, 0.29) is 11.6 Å². The molecular weight excluding hydrogens is 262 g/mol. The molecule has 110 valence electrons. The van der Waals surface area contributed by atoms with Crippen LogP contribution in [0.5, 0.6) is 0 Å². The normalized spacial score (nSPS) is 25.7. The first kappa shape index (κ1) is 13.9. The van der Waals surface area contributed by atoms with Gasteiger partial charge in [0, 0.05) is 24.5 Å². The Morgan fingerprint density at radius 2 is 2.14 bits per heavy atom. The molecule has 4 nitrogen and oxygen atoms in total. The standard InChI is InChI=1S/C17H21N3O/c1-12-10-13(14-7-8-19-11-15(14)18)5-6-16(12)20-9-3-2-4-17(20)21/h2-4,7-9,11-13,16H,5-6,10,18H2,1H3/t12-,13-,16+/m1/s1. The summed E-state index contributed by atoms with van der Waals surface area (Å²) in [7, 11) is 0. The van der Waals surface area contributed by atoms with Crippen LogP contribution in [0.25, 0.3) is 0 Å². The second-order valence-electron chi connectivity index (χ2n) is 6.01. The first-order valence-corrected chi connectivity index (χ1v) is 7.53. The fourth-order valence-corrected chi connectivity index (χ4v) is 3.58. The van der Waals surface area contributed by atoms with Crippen LogP contribution in [0.15, 0.2) is 47.7 Å². The van der Waals surface area contributed by atoms with Gasteiger partial charge in [-0.1, -0.05) is 13.0 Å². The molecule has 2 N–H and O–H groups in total. The molecule has 2 aromatic heterocycles. The van der Waals surface area contributed by atoms with Crippen molar-refractivity contribution in [2.24, 2.45) is 5.92 Å². The molecule has 2 aromatic rings. The smallest absolute Gasteiger partial charge is 0.250 e. The maximum absolute atomic E-state index is 12.0. The molecule has 0 saturated heterocycles. The lowest BCUT2D eigenvalue weighted by atomic mass is 9.75. The summed E-state index contributed by atoms with van der Waals surface area (Å²) < 4.78 is 1.89. The van der Waals surface area contributed by atoms with Crippen LogP contribution >= 0.6 is 0 Å². The maximum Gasteiger partial charge on any atom is 0.250 e. The average molecular weight is 283 g/mol. The Bertz CT molecular complexity index is 679. The van der Waals surface area contributed by atoms with E-state index in [1.54, 1.807) is 18.3 Å². The van der Waals surface area contributed by atoms with Crippen molar-refractivity contribution in [3.8, 4) is 0 Å². The lowest BCUT2D eigenvalue weighted by molar-refractivity contribution is 0.230. The molecule has 0 amide bonds. The number of nitrogens with two attached hydrogens (primary N) is 1. The van der Waals surface area contributed by atoms with E-state index in [2.05, 4.69) is 11.9 Å². The number of nitrogen functional groups attached to an aromatic ring is 1. The Kier molecular flexibility index (Phi) is 3.78. The van der Waals surface area contributed by atoms with Crippen LogP contribution in [0.4, 0.5) is 5.69 Å². The van der Waals surface area contributed by atoms with Crippen molar-refractivity contribution in [2.45, 2.75) is 38.1 Å². The Hall–Kier alpha value is -2.10. The first-order chi connectivity index (χ1) is 10.2. The van der Waals surface area contributed by atoms with E-state index in [4.69, 9.17) is 5.73 Å². The predicted molar refractivity (Wildman–Crippen MR) is 84.1 cm³/mol. The highest BCUT2D eigenvalue weighted by Gasteiger charge is 2.30. The van der Waals surface area contributed by atoms with Crippen LogP contribution in [0.3, 0.4) is 0 Å². The van der Waals surface area contributed by atoms with Gasteiger partial charge in [-0.05, 0) is 48.8 Å². The molecule has 3 atom stereocenters. The van der Waals surface area contributed by atoms with Crippen LogP contribution in [-0.2, 0) is 0 Å². The molecule has 3 rings (SSSR count). The Morgan fingerprint density at radius 1 is 1.29 bits per heavy atom. The van der Waals surface area contributed by atoms with Crippen molar-refractivity contribution in [1.29, 1.82) is 0 Å². The van der Waals surface area contributed by atoms with Gasteiger partial charge in [-0.2, -0.15) is 0 Å². The van der Waals surface area contributed by atoms with Gasteiger partial charge in [-0.25, -0.2) is 0 Å². The minimum Gasteiger partial charge on any atom is -0.397 e. The largest absolute Gasteiger partial charge is 0.397 e. The second kappa shape index (κ2) is 5.72. The number of rotatable bonds is 2. The highest BCUT2D eigenvalue weighted by atomic mass is 16.1. The monoisotopic (exact) mass is 283 g/mol. The summed E-state index contributed by atoms with van der Waals surface area (Å²) in [5.41, 5.74) is 8.13. The van der Waals surface area contributed by atoms with Gasteiger partial charge in [0.1, 0.15) is 0 Å². The van der Waals surface area contributed by atoms with Crippen molar-refractivity contribution in [3.63, 3.8) is 0 Å². The van der Waals surface area contributed by atoms with E-state index < -0.39 is 0 Å². The molecule has 1 aliphatic carbocycles. The molecule has 0 aromatic carbocycles. The summed E-state index contributed by atoms with van der Waals surface area (Å²) in [6.45, 7) is 2.23. The summed E-state index contributed by atoms with van der Waals surface area (Å²) in [6, 6.07) is 7.69. The molecular formula is C17H21N3O. The zero-order chi connectivity index (χ0) is 14.8. The topological polar surface area (TPSA) is 60.9 Å². The molecule has 2 heterocycles. The number of aromatic nitrogens is 2. The molecule has 1 saturated carbocycles. The minimum absolute atomic E-state index is 0.0937. The van der Waals surface area contributed by atoms with Gasteiger partial charge >= 0.3 is 0 Å². The van der Waals surface area contributed by atoms with Crippen molar-refractivity contribution in [1.82, 2.24) is 9.55 Å². The molecule has 0 aliphatic heterocycles.